The lowest BCUT2D eigenvalue weighted by molar-refractivity contribution is -0.173. The molecule has 0 N–H and O–H groups in total. The Kier molecular flexibility index (Phi) is 3.79. The minimum atomic E-state index is -0.811. The summed E-state index contributed by atoms with van der Waals surface area (Å²) in [5.41, 5.74) is -0.569. The van der Waals surface area contributed by atoms with E-state index in [0.717, 1.165) is 0 Å². The average Bonchev–Trinajstić information content (AvgIpc) is 1.85. The molecule has 0 spiro atoms. The Hall–Kier alpha value is -0.995. The van der Waals surface area contributed by atoms with E-state index in [1.165, 1.54) is 7.85 Å². The smallest absolute Gasteiger partial charge is 0.313 e. The number of ether oxygens (including phenoxy) is 2. The van der Waals surface area contributed by atoms with Crippen molar-refractivity contribution in [2.75, 3.05) is 0 Å². The summed E-state index contributed by atoms with van der Waals surface area (Å²) < 4.78 is 9.15. The van der Waals surface area contributed by atoms with Crippen molar-refractivity contribution in [3.63, 3.8) is 0 Å². The van der Waals surface area contributed by atoms with Crippen molar-refractivity contribution >= 4 is 20.3 Å². The van der Waals surface area contributed by atoms with E-state index in [0.29, 0.717) is 0 Å². The van der Waals surface area contributed by atoms with Gasteiger partial charge in [0.05, 0.1) is 5.41 Å². The summed E-state index contributed by atoms with van der Waals surface area (Å²) in [6, 6.07) is 0. The van der Waals surface area contributed by atoms with Crippen molar-refractivity contribution in [1.82, 2.24) is 0 Å². The second-order valence-electron chi connectivity index (χ2n) is 3.46. The summed E-state index contributed by atoms with van der Waals surface area (Å²) in [6.45, 7) is 5.43. The van der Waals surface area contributed by atoms with E-state index in [4.69, 9.17) is 4.74 Å². The molecule has 0 aliphatic carbocycles. The second kappa shape index (κ2) is 4.14. The molecule has 0 aromatic carbocycles. The van der Waals surface area contributed by atoms with E-state index < -0.39 is 17.6 Å². The van der Waals surface area contributed by atoms with Crippen LogP contribution >= 0.6 is 0 Å². The molecule has 0 heterocycles. The summed E-state index contributed by atoms with van der Waals surface area (Å²) in [7, 11) is 1.48. The largest absolute Gasteiger partial charge is 0.437 e. The third-order valence-electron chi connectivity index (χ3n) is 1.13. The van der Waals surface area contributed by atoms with Crippen LogP contribution in [-0.2, 0) is 19.1 Å². The van der Waals surface area contributed by atoms with E-state index >= 15 is 0 Å². The molecule has 0 saturated carbocycles. The van der Waals surface area contributed by atoms with Crippen molar-refractivity contribution in [3.8, 4) is 0 Å². The molecular weight excluding hydrogens is 159 g/mol. The fourth-order valence-electron chi connectivity index (χ4n) is 0.434. The minimum absolute atomic E-state index is 0.251. The van der Waals surface area contributed by atoms with Crippen LogP contribution in [0, 0.1) is 5.41 Å². The summed E-state index contributed by atoms with van der Waals surface area (Å²) in [4.78, 5) is 21.0. The Morgan fingerprint density at radius 3 is 2.33 bits per heavy atom. The van der Waals surface area contributed by atoms with Gasteiger partial charge in [-0.15, -0.1) is 0 Å². The first-order valence-electron chi connectivity index (χ1n) is 3.68. The summed E-state index contributed by atoms with van der Waals surface area (Å²) in [5, 5.41) is 0. The lowest BCUT2D eigenvalue weighted by Crippen LogP contribution is -2.29. The molecule has 0 aromatic heterocycles. The Balaban J connectivity index is 3.92. The molecule has 0 radical (unpaired) electrons. The fourth-order valence-corrected chi connectivity index (χ4v) is 0.434. The predicted octanol–water partition coefficient (Wildman–Crippen LogP) is -0.335. The quantitative estimate of drug-likeness (QED) is 0.253. The second-order valence-corrected chi connectivity index (χ2v) is 3.46. The average molecular weight is 172 g/mol. The number of hydrogen-bond donors (Lipinski definition) is 0. The third-order valence-corrected chi connectivity index (χ3v) is 1.13. The molecule has 0 amide bonds. The topological polar surface area (TPSA) is 52.6 Å². The maximum absolute atomic E-state index is 11.1. The van der Waals surface area contributed by atoms with Crippen molar-refractivity contribution in [2.45, 2.75) is 27.0 Å². The highest BCUT2D eigenvalue weighted by atomic mass is 16.7. The van der Waals surface area contributed by atoms with Gasteiger partial charge in [-0.3, -0.25) is 9.59 Å². The van der Waals surface area contributed by atoms with Crippen molar-refractivity contribution < 1.29 is 19.1 Å². The van der Waals surface area contributed by atoms with Gasteiger partial charge in [0.2, 0.25) is 14.0 Å². The monoisotopic (exact) mass is 172 g/mol. The standard InChI is InChI=1S/C7H13BO4/c1-7(2,3)5(10)12-6(8)11-4-9/h4,6H,8H2,1-3H3. The van der Waals surface area contributed by atoms with Gasteiger partial charge in [0.1, 0.15) is 0 Å². The number of esters is 1. The van der Waals surface area contributed by atoms with E-state index in [1.807, 2.05) is 0 Å². The number of hydrogen-bond acceptors (Lipinski definition) is 4. The Bertz CT molecular complexity index is 173. The SMILES string of the molecule is BC(OC=O)OC(=O)C(C)(C)C. The van der Waals surface area contributed by atoms with E-state index in [9.17, 15) is 9.59 Å². The van der Waals surface area contributed by atoms with Gasteiger partial charge in [-0.05, 0) is 20.8 Å². The molecule has 1 atom stereocenters. The Morgan fingerprint density at radius 1 is 1.50 bits per heavy atom. The van der Waals surface area contributed by atoms with Gasteiger partial charge < -0.3 is 9.47 Å². The lowest BCUT2D eigenvalue weighted by Gasteiger charge is -2.19. The summed E-state index contributed by atoms with van der Waals surface area (Å²) in [6.07, 6.45) is -0.811. The molecule has 0 fully saturated rings. The van der Waals surface area contributed by atoms with Gasteiger partial charge in [0.15, 0.2) is 0 Å². The maximum atomic E-state index is 11.1. The van der Waals surface area contributed by atoms with Crippen molar-refractivity contribution in [2.24, 2.45) is 5.41 Å². The van der Waals surface area contributed by atoms with Gasteiger partial charge in [0.25, 0.3) is 6.47 Å². The van der Waals surface area contributed by atoms with Crippen LogP contribution in [0.25, 0.3) is 0 Å². The third kappa shape index (κ3) is 4.00. The lowest BCUT2D eigenvalue weighted by atomic mass is 9.97. The van der Waals surface area contributed by atoms with Gasteiger partial charge >= 0.3 is 5.97 Å². The molecule has 0 saturated heterocycles. The van der Waals surface area contributed by atoms with Crippen LogP contribution in [0.15, 0.2) is 0 Å². The highest BCUT2D eigenvalue weighted by Gasteiger charge is 2.24. The van der Waals surface area contributed by atoms with Crippen LogP contribution in [0.3, 0.4) is 0 Å². The predicted molar refractivity (Wildman–Crippen MR) is 45.0 cm³/mol. The zero-order valence-corrected chi connectivity index (χ0v) is 7.79. The molecule has 0 bridgehead atoms. The normalized spacial score (nSPS) is 13.2. The Labute approximate surface area is 72.6 Å². The van der Waals surface area contributed by atoms with E-state index in [1.54, 1.807) is 20.8 Å². The molecule has 5 heteroatoms. The molecule has 4 nitrogen and oxygen atoms in total. The number of carbonyl (C=O) groups is 2. The van der Waals surface area contributed by atoms with Crippen molar-refractivity contribution in [3.05, 3.63) is 0 Å². The molecule has 0 aliphatic rings. The number of rotatable bonds is 3. The highest BCUT2D eigenvalue weighted by molar-refractivity contribution is 6.11. The fraction of sp³-hybridized carbons (Fsp3) is 0.714. The van der Waals surface area contributed by atoms with Gasteiger partial charge in [-0.2, -0.15) is 0 Å². The molecule has 12 heavy (non-hydrogen) atoms. The maximum Gasteiger partial charge on any atom is 0.313 e. The highest BCUT2D eigenvalue weighted by Crippen LogP contribution is 2.15. The molecule has 0 rings (SSSR count). The Morgan fingerprint density at radius 2 is 2.00 bits per heavy atom. The summed E-state index contributed by atoms with van der Waals surface area (Å²) >= 11 is 0. The van der Waals surface area contributed by atoms with Crippen LogP contribution in [0.1, 0.15) is 20.8 Å². The van der Waals surface area contributed by atoms with Gasteiger partial charge in [-0.1, -0.05) is 0 Å². The van der Waals surface area contributed by atoms with Crippen LogP contribution in [0.5, 0.6) is 0 Å². The number of carbonyl (C=O) groups excluding carboxylic acids is 2. The van der Waals surface area contributed by atoms with Crippen LogP contribution in [0.2, 0.25) is 0 Å². The molecular formula is C7H13BO4. The first-order chi connectivity index (χ1) is 5.38. The minimum Gasteiger partial charge on any atom is -0.437 e. The molecule has 0 aromatic rings. The van der Waals surface area contributed by atoms with Crippen molar-refractivity contribution in [1.29, 1.82) is 0 Å². The van der Waals surface area contributed by atoms with Gasteiger partial charge in [0, 0.05) is 0 Å². The zero-order valence-electron chi connectivity index (χ0n) is 7.79. The van der Waals surface area contributed by atoms with Gasteiger partial charge in [-0.25, -0.2) is 0 Å². The van der Waals surface area contributed by atoms with Crippen LogP contribution in [0.4, 0.5) is 0 Å². The first kappa shape index (κ1) is 11.0. The summed E-state index contributed by atoms with van der Waals surface area (Å²) in [5.74, 6) is -0.392. The molecule has 1 unspecified atom stereocenters. The van der Waals surface area contributed by atoms with E-state index in [2.05, 4.69) is 4.74 Å². The molecule has 0 aliphatic heterocycles. The molecule has 68 valence electrons. The van der Waals surface area contributed by atoms with Crippen LogP contribution in [-0.4, -0.2) is 26.5 Å². The van der Waals surface area contributed by atoms with E-state index in [-0.39, 0.29) is 6.47 Å². The first-order valence-corrected chi connectivity index (χ1v) is 3.68. The van der Waals surface area contributed by atoms with Crippen LogP contribution < -0.4 is 0 Å². The zero-order chi connectivity index (χ0) is 9.78.